The number of rotatable bonds is 5. The minimum Gasteiger partial charge on any atom is -0.407 e. The summed E-state index contributed by atoms with van der Waals surface area (Å²) >= 11 is 0. The second kappa shape index (κ2) is 8.11. The standard InChI is InChI=1S/C21H19N7O3/c1-11-3-5-13(6-4-11)24-20(30)19-15-9-14(7-8-16(15)27-28-19)23-17-10-18(31-12(2)29)26-21(22)25-17/h3-10H,1-2H3,(H,24,30)(H,27,28)(H3,22,23,25,26). The van der Waals surface area contributed by atoms with E-state index in [4.69, 9.17) is 10.5 Å². The van der Waals surface area contributed by atoms with E-state index in [2.05, 4.69) is 30.8 Å². The third-order valence-electron chi connectivity index (χ3n) is 4.33. The number of ether oxygens (including phenoxy) is 1. The van der Waals surface area contributed by atoms with Gasteiger partial charge in [0.15, 0.2) is 5.69 Å². The van der Waals surface area contributed by atoms with Crippen molar-refractivity contribution in [3.63, 3.8) is 0 Å². The number of esters is 1. The number of amides is 1. The maximum atomic E-state index is 12.7. The van der Waals surface area contributed by atoms with E-state index in [1.54, 1.807) is 18.2 Å². The number of carbonyl (C=O) groups is 2. The number of H-pyrrole nitrogens is 1. The van der Waals surface area contributed by atoms with Crippen LogP contribution in [0.25, 0.3) is 10.9 Å². The second-order valence-electron chi connectivity index (χ2n) is 6.82. The maximum absolute atomic E-state index is 12.7. The third-order valence-corrected chi connectivity index (χ3v) is 4.33. The number of fused-ring (bicyclic) bond motifs is 1. The van der Waals surface area contributed by atoms with E-state index in [9.17, 15) is 9.59 Å². The average molecular weight is 417 g/mol. The quantitative estimate of drug-likeness (QED) is 0.362. The summed E-state index contributed by atoms with van der Waals surface area (Å²) in [5.74, 6) is -0.546. The van der Waals surface area contributed by atoms with Crippen LogP contribution in [0.3, 0.4) is 0 Å². The molecule has 0 saturated carbocycles. The van der Waals surface area contributed by atoms with Crippen LogP contribution >= 0.6 is 0 Å². The van der Waals surface area contributed by atoms with Crippen molar-refractivity contribution in [1.82, 2.24) is 20.2 Å². The third kappa shape index (κ3) is 4.58. The van der Waals surface area contributed by atoms with Crippen LogP contribution in [-0.4, -0.2) is 32.0 Å². The summed E-state index contributed by atoms with van der Waals surface area (Å²) in [6.45, 7) is 3.24. The minimum absolute atomic E-state index is 0.0325. The van der Waals surface area contributed by atoms with Gasteiger partial charge in [-0.25, -0.2) is 0 Å². The zero-order valence-corrected chi connectivity index (χ0v) is 16.8. The molecule has 0 aliphatic heterocycles. The summed E-state index contributed by atoms with van der Waals surface area (Å²) in [5, 5.41) is 13.5. The first kappa shape index (κ1) is 19.8. The molecule has 2 heterocycles. The van der Waals surface area contributed by atoms with Gasteiger partial charge >= 0.3 is 5.97 Å². The van der Waals surface area contributed by atoms with Crippen LogP contribution in [0, 0.1) is 6.92 Å². The van der Waals surface area contributed by atoms with Gasteiger partial charge in [-0.15, -0.1) is 0 Å². The number of aromatic amines is 1. The Labute approximate surface area is 176 Å². The van der Waals surface area contributed by atoms with Crippen molar-refractivity contribution in [2.45, 2.75) is 13.8 Å². The first-order valence-corrected chi connectivity index (χ1v) is 9.33. The molecule has 0 bridgehead atoms. The zero-order valence-electron chi connectivity index (χ0n) is 16.8. The van der Waals surface area contributed by atoms with Crippen LogP contribution < -0.4 is 21.1 Å². The summed E-state index contributed by atoms with van der Waals surface area (Å²) in [4.78, 5) is 31.8. The fourth-order valence-electron chi connectivity index (χ4n) is 2.95. The SMILES string of the molecule is CC(=O)Oc1cc(Nc2ccc3[nH]nc(C(=O)Nc4ccc(C)cc4)c3c2)nc(N)n1. The number of nitrogens with two attached hydrogens (primary N) is 1. The molecule has 156 valence electrons. The molecule has 0 aliphatic rings. The highest BCUT2D eigenvalue weighted by molar-refractivity contribution is 6.11. The molecular formula is C21H19N7O3. The first-order chi connectivity index (χ1) is 14.9. The van der Waals surface area contributed by atoms with Crippen molar-refractivity contribution in [3.8, 4) is 5.88 Å². The lowest BCUT2D eigenvalue weighted by atomic mass is 10.1. The number of benzene rings is 2. The van der Waals surface area contributed by atoms with Gasteiger partial charge in [0.05, 0.1) is 5.52 Å². The number of carbonyl (C=O) groups excluding carboxylic acids is 2. The minimum atomic E-state index is -0.520. The van der Waals surface area contributed by atoms with Gasteiger partial charge in [0.1, 0.15) is 5.82 Å². The van der Waals surface area contributed by atoms with Crippen LogP contribution in [0.2, 0.25) is 0 Å². The molecule has 0 fully saturated rings. The topological polar surface area (TPSA) is 148 Å². The Morgan fingerprint density at radius 1 is 1.03 bits per heavy atom. The summed E-state index contributed by atoms with van der Waals surface area (Å²) in [7, 11) is 0. The van der Waals surface area contributed by atoms with Crippen LogP contribution in [0.15, 0.2) is 48.5 Å². The highest BCUT2D eigenvalue weighted by atomic mass is 16.5. The molecule has 4 rings (SSSR count). The van der Waals surface area contributed by atoms with E-state index < -0.39 is 5.97 Å². The smallest absolute Gasteiger partial charge is 0.309 e. The summed E-state index contributed by atoms with van der Waals surface area (Å²) < 4.78 is 4.97. The molecule has 2 aromatic heterocycles. The predicted molar refractivity (Wildman–Crippen MR) is 116 cm³/mol. The fraction of sp³-hybridized carbons (Fsp3) is 0.0952. The van der Waals surface area contributed by atoms with Crippen molar-refractivity contribution in [2.24, 2.45) is 0 Å². The largest absolute Gasteiger partial charge is 0.407 e. The van der Waals surface area contributed by atoms with Gasteiger partial charge in [-0.3, -0.25) is 14.7 Å². The van der Waals surface area contributed by atoms with Crippen molar-refractivity contribution in [3.05, 3.63) is 59.8 Å². The molecule has 4 aromatic rings. The van der Waals surface area contributed by atoms with Gasteiger partial charge in [-0.2, -0.15) is 15.1 Å². The van der Waals surface area contributed by atoms with Crippen molar-refractivity contribution < 1.29 is 14.3 Å². The van der Waals surface area contributed by atoms with Gasteiger partial charge in [0.25, 0.3) is 5.91 Å². The number of hydrogen-bond acceptors (Lipinski definition) is 8. The van der Waals surface area contributed by atoms with Gasteiger partial charge in [0.2, 0.25) is 11.8 Å². The Morgan fingerprint density at radius 2 is 1.77 bits per heavy atom. The maximum Gasteiger partial charge on any atom is 0.309 e. The number of aromatic nitrogens is 4. The van der Waals surface area contributed by atoms with E-state index >= 15 is 0 Å². The number of aryl methyl sites for hydroxylation is 1. The Balaban J connectivity index is 1.60. The van der Waals surface area contributed by atoms with Crippen LogP contribution in [0.4, 0.5) is 23.1 Å². The normalized spacial score (nSPS) is 10.6. The molecular weight excluding hydrogens is 398 g/mol. The van der Waals surface area contributed by atoms with E-state index in [-0.39, 0.29) is 23.4 Å². The second-order valence-corrected chi connectivity index (χ2v) is 6.82. The molecule has 10 nitrogen and oxygen atoms in total. The first-order valence-electron chi connectivity index (χ1n) is 9.33. The summed E-state index contributed by atoms with van der Waals surface area (Å²) in [6, 6.07) is 14.3. The van der Waals surface area contributed by atoms with Gasteiger partial charge in [-0.1, -0.05) is 17.7 Å². The highest BCUT2D eigenvalue weighted by Gasteiger charge is 2.15. The molecule has 0 unspecified atom stereocenters. The van der Waals surface area contributed by atoms with Crippen LogP contribution in [-0.2, 0) is 4.79 Å². The van der Waals surface area contributed by atoms with Gasteiger partial charge < -0.3 is 21.1 Å². The lowest BCUT2D eigenvalue weighted by Gasteiger charge is -2.08. The van der Waals surface area contributed by atoms with Crippen LogP contribution in [0.1, 0.15) is 23.0 Å². The number of anilines is 4. The van der Waals surface area contributed by atoms with Crippen molar-refractivity contribution in [1.29, 1.82) is 0 Å². The molecule has 0 radical (unpaired) electrons. The van der Waals surface area contributed by atoms with Gasteiger partial charge in [0, 0.05) is 29.8 Å². The summed E-state index contributed by atoms with van der Waals surface area (Å²) in [5.41, 5.74) is 9.04. The van der Waals surface area contributed by atoms with Crippen LogP contribution in [0.5, 0.6) is 5.88 Å². The lowest BCUT2D eigenvalue weighted by molar-refractivity contribution is -0.132. The van der Waals surface area contributed by atoms with E-state index in [0.717, 1.165) is 5.56 Å². The molecule has 1 amide bonds. The Kier molecular flexibility index (Phi) is 5.19. The highest BCUT2D eigenvalue weighted by Crippen LogP contribution is 2.25. The fourth-order valence-corrected chi connectivity index (χ4v) is 2.95. The van der Waals surface area contributed by atoms with E-state index in [1.165, 1.54) is 13.0 Å². The predicted octanol–water partition coefficient (Wildman–Crippen LogP) is 3.16. The van der Waals surface area contributed by atoms with Crippen molar-refractivity contribution in [2.75, 3.05) is 16.4 Å². The zero-order chi connectivity index (χ0) is 22.0. The molecule has 5 N–H and O–H groups in total. The molecule has 0 saturated heterocycles. The number of nitrogens with zero attached hydrogens (tertiary/aromatic N) is 3. The molecule has 2 aromatic carbocycles. The molecule has 0 atom stereocenters. The number of nitrogen functional groups attached to an aromatic ring is 1. The number of nitrogens with one attached hydrogen (secondary N) is 3. The molecule has 0 spiro atoms. The van der Waals surface area contributed by atoms with Crippen molar-refractivity contribution >= 4 is 45.9 Å². The molecule has 0 aliphatic carbocycles. The Bertz CT molecular complexity index is 1280. The van der Waals surface area contributed by atoms with E-state index in [0.29, 0.717) is 28.1 Å². The lowest BCUT2D eigenvalue weighted by Crippen LogP contribution is -2.12. The van der Waals surface area contributed by atoms with Gasteiger partial charge in [-0.05, 0) is 37.3 Å². The molecule has 31 heavy (non-hydrogen) atoms. The summed E-state index contributed by atoms with van der Waals surface area (Å²) in [6.07, 6.45) is 0. The monoisotopic (exact) mass is 417 g/mol. The Hall–Kier alpha value is -4.47. The number of hydrogen-bond donors (Lipinski definition) is 4. The molecule has 10 heteroatoms. The average Bonchev–Trinajstić information content (AvgIpc) is 3.12. The Morgan fingerprint density at radius 3 is 2.52 bits per heavy atom. The van der Waals surface area contributed by atoms with E-state index in [1.807, 2.05) is 31.2 Å².